The summed E-state index contributed by atoms with van der Waals surface area (Å²) in [6.07, 6.45) is 3.25. The van der Waals surface area contributed by atoms with Gasteiger partial charge < -0.3 is 14.8 Å². The highest BCUT2D eigenvalue weighted by atomic mass is 32.2. The van der Waals surface area contributed by atoms with Gasteiger partial charge in [-0.25, -0.2) is 0 Å². The molecule has 1 fully saturated rings. The van der Waals surface area contributed by atoms with Crippen LogP contribution in [-0.2, 0) is 4.79 Å². The molecule has 1 N–H and O–H groups in total. The monoisotopic (exact) mass is 335 g/mol. The average Bonchev–Trinajstić information content (AvgIpc) is 2.53. The lowest BCUT2D eigenvalue weighted by atomic mass is 9.78. The van der Waals surface area contributed by atoms with Gasteiger partial charge in [-0.15, -0.1) is 0 Å². The SMILES string of the molecule is CSCCN1C[C@H]2C[C@@H](C1)[C@H](CNC(C)=O)n1c2cccc1=O. The fourth-order valence-corrected chi connectivity index (χ4v) is 4.49. The molecule has 1 aromatic rings. The third-order valence-electron chi connectivity index (χ3n) is 5.05. The fourth-order valence-electron chi connectivity index (χ4n) is 4.05. The molecule has 23 heavy (non-hydrogen) atoms. The Balaban J connectivity index is 1.90. The Kier molecular flexibility index (Phi) is 5.11. The predicted molar refractivity (Wildman–Crippen MR) is 94.1 cm³/mol. The van der Waals surface area contributed by atoms with Crippen LogP contribution < -0.4 is 10.9 Å². The number of likely N-dealkylation sites (tertiary alicyclic amines) is 1. The van der Waals surface area contributed by atoms with Crippen LogP contribution >= 0.6 is 11.8 Å². The van der Waals surface area contributed by atoms with Crippen molar-refractivity contribution in [3.05, 3.63) is 34.2 Å². The molecule has 2 aliphatic heterocycles. The van der Waals surface area contributed by atoms with Gasteiger partial charge in [0.05, 0.1) is 6.04 Å². The standard InChI is InChI=1S/C17H25N3O2S/c1-12(21)18-9-16-14-8-13(10-19(11-14)6-7-23-2)15-4-3-5-17(22)20(15)16/h3-5,13-14,16H,6-11H2,1-2H3,(H,18,21)/t13-,14+,16+/m1/s1. The zero-order valence-corrected chi connectivity index (χ0v) is 14.6. The van der Waals surface area contributed by atoms with E-state index in [9.17, 15) is 9.59 Å². The van der Waals surface area contributed by atoms with Crippen molar-refractivity contribution >= 4 is 17.7 Å². The second-order valence-electron chi connectivity index (χ2n) is 6.61. The second-order valence-corrected chi connectivity index (χ2v) is 7.59. The molecule has 2 bridgehead atoms. The fraction of sp³-hybridized carbons (Fsp3) is 0.647. The molecule has 3 rings (SSSR count). The van der Waals surface area contributed by atoms with Crippen molar-refractivity contribution in [1.82, 2.24) is 14.8 Å². The van der Waals surface area contributed by atoms with E-state index < -0.39 is 0 Å². The molecule has 1 saturated heterocycles. The topological polar surface area (TPSA) is 54.3 Å². The second kappa shape index (κ2) is 7.09. The number of pyridine rings is 1. The van der Waals surface area contributed by atoms with Crippen molar-refractivity contribution in [2.45, 2.75) is 25.3 Å². The normalized spacial score (nSPS) is 26.6. The minimum absolute atomic E-state index is 0.0345. The molecule has 0 aliphatic carbocycles. The van der Waals surface area contributed by atoms with Crippen LogP contribution in [-0.4, -0.2) is 53.6 Å². The Hall–Kier alpha value is -1.27. The smallest absolute Gasteiger partial charge is 0.251 e. The molecule has 0 spiro atoms. The van der Waals surface area contributed by atoms with E-state index in [0.29, 0.717) is 18.4 Å². The maximum absolute atomic E-state index is 12.4. The summed E-state index contributed by atoms with van der Waals surface area (Å²) >= 11 is 1.87. The van der Waals surface area contributed by atoms with E-state index in [2.05, 4.69) is 22.5 Å². The number of carbonyl (C=O) groups excluding carboxylic acids is 1. The van der Waals surface area contributed by atoms with Gasteiger partial charge in [0, 0.05) is 56.5 Å². The summed E-state index contributed by atoms with van der Waals surface area (Å²) in [7, 11) is 0. The maximum Gasteiger partial charge on any atom is 0.251 e. The van der Waals surface area contributed by atoms with Crippen LogP contribution in [0.4, 0.5) is 0 Å². The number of aromatic nitrogens is 1. The summed E-state index contributed by atoms with van der Waals surface area (Å²) in [5, 5.41) is 2.92. The van der Waals surface area contributed by atoms with Gasteiger partial charge in [-0.3, -0.25) is 9.59 Å². The van der Waals surface area contributed by atoms with Crippen LogP contribution in [0.1, 0.15) is 31.0 Å². The van der Waals surface area contributed by atoms with Gasteiger partial charge in [0.2, 0.25) is 5.91 Å². The van der Waals surface area contributed by atoms with E-state index in [1.54, 1.807) is 6.07 Å². The number of nitrogens with one attached hydrogen (secondary N) is 1. The molecule has 1 aromatic heterocycles. The molecule has 126 valence electrons. The highest BCUT2D eigenvalue weighted by Gasteiger charge is 2.40. The van der Waals surface area contributed by atoms with Crippen molar-refractivity contribution in [3.8, 4) is 0 Å². The first-order valence-corrected chi connectivity index (χ1v) is 9.66. The van der Waals surface area contributed by atoms with Crippen LogP contribution in [0.5, 0.6) is 0 Å². The van der Waals surface area contributed by atoms with Gasteiger partial charge >= 0.3 is 0 Å². The van der Waals surface area contributed by atoms with E-state index in [-0.39, 0.29) is 17.5 Å². The Morgan fingerprint density at radius 3 is 2.96 bits per heavy atom. The van der Waals surface area contributed by atoms with Crippen molar-refractivity contribution < 1.29 is 4.79 Å². The van der Waals surface area contributed by atoms with Gasteiger partial charge in [-0.1, -0.05) is 6.07 Å². The van der Waals surface area contributed by atoms with Crippen LogP contribution in [0.2, 0.25) is 0 Å². The quantitative estimate of drug-likeness (QED) is 0.881. The zero-order chi connectivity index (χ0) is 16.4. The van der Waals surface area contributed by atoms with E-state index >= 15 is 0 Å². The molecule has 5 nitrogen and oxygen atoms in total. The number of amides is 1. The Morgan fingerprint density at radius 2 is 2.22 bits per heavy atom. The van der Waals surface area contributed by atoms with E-state index in [4.69, 9.17) is 0 Å². The first kappa shape index (κ1) is 16.6. The van der Waals surface area contributed by atoms with Crippen molar-refractivity contribution in [2.75, 3.05) is 38.2 Å². The molecular formula is C17H25N3O2S. The van der Waals surface area contributed by atoms with Gasteiger partial charge in [0.15, 0.2) is 0 Å². The molecule has 2 aliphatic rings. The Bertz CT molecular complexity index is 631. The van der Waals surface area contributed by atoms with E-state index in [1.165, 1.54) is 6.92 Å². The summed E-state index contributed by atoms with van der Waals surface area (Å²) in [5.74, 6) is 1.96. The minimum Gasteiger partial charge on any atom is -0.354 e. The number of nitrogens with zero attached hydrogens (tertiary/aromatic N) is 2. The lowest BCUT2D eigenvalue weighted by Crippen LogP contribution is -2.52. The Morgan fingerprint density at radius 1 is 1.39 bits per heavy atom. The highest BCUT2D eigenvalue weighted by molar-refractivity contribution is 7.98. The third kappa shape index (κ3) is 3.48. The van der Waals surface area contributed by atoms with Crippen molar-refractivity contribution in [1.29, 1.82) is 0 Å². The summed E-state index contributed by atoms with van der Waals surface area (Å²) in [6, 6.07) is 5.65. The first-order valence-electron chi connectivity index (χ1n) is 8.27. The number of carbonyl (C=O) groups is 1. The summed E-state index contributed by atoms with van der Waals surface area (Å²) in [6.45, 7) is 5.22. The van der Waals surface area contributed by atoms with Crippen molar-refractivity contribution in [2.24, 2.45) is 5.92 Å². The predicted octanol–water partition coefficient (Wildman–Crippen LogP) is 1.31. The molecule has 0 saturated carbocycles. The third-order valence-corrected chi connectivity index (χ3v) is 5.64. The molecule has 0 radical (unpaired) electrons. The summed E-state index contributed by atoms with van der Waals surface area (Å²) in [4.78, 5) is 26.3. The molecule has 6 heteroatoms. The van der Waals surface area contributed by atoms with Gasteiger partial charge in [-0.2, -0.15) is 11.8 Å². The lowest BCUT2D eigenvalue weighted by molar-refractivity contribution is -0.119. The zero-order valence-electron chi connectivity index (χ0n) is 13.8. The number of thioether (sulfide) groups is 1. The Labute approximate surface area is 141 Å². The number of rotatable bonds is 5. The van der Waals surface area contributed by atoms with Crippen LogP contribution in [0.15, 0.2) is 23.0 Å². The number of fused-ring (bicyclic) bond motifs is 4. The molecule has 3 atom stereocenters. The first-order chi connectivity index (χ1) is 11.1. The van der Waals surface area contributed by atoms with Gasteiger partial charge in [0.25, 0.3) is 5.56 Å². The van der Waals surface area contributed by atoms with Crippen LogP contribution in [0.25, 0.3) is 0 Å². The average molecular weight is 335 g/mol. The molecule has 0 aromatic carbocycles. The highest BCUT2D eigenvalue weighted by Crippen LogP contribution is 2.40. The summed E-state index contributed by atoms with van der Waals surface area (Å²) in [5.41, 5.74) is 1.20. The number of piperidine rings is 1. The largest absolute Gasteiger partial charge is 0.354 e. The number of hydrogen-bond donors (Lipinski definition) is 1. The van der Waals surface area contributed by atoms with E-state index in [0.717, 1.165) is 37.5 Å². The molecular weight excluding hydrogens is 310 g/mol. The minimum atomic E-state index is -0.0345. The van der Waals surface area contributed by atoms with Crippen LogP contribution in [0.3, 0.4) is 0 Å². The maximum atomic E-state index is 12.4. The molecule has 0 unspecified atom stereocenters. The lowest BCUT2D eigenvalue weighted by Gasteiger charge is -2.47. The molecule has 3 heterocycles. The molecule has 1 amide bonds. The van der Waals surface area contributed by atoms with Crippen molar-refractivity contribution in [3.63, 3.8) is 0 Å². The van der Waals surface area contributed by atoms with Gasteiger partial charge in [-0.05, 0) is 24.7 Å². The van der Waals surface area contributed by atoms with E-state index in [1.807, 2.05) is 22.4 Å². The number of hydrogen-bond acceptors (Lipinski definition) is 4. The van der Waals surface area contributed by atoms with Gasteiger partial charge in [0.1, 0.15) is 0 Å². The van der Waals surface area contributed by atoms with Crippen LogP contribution in [0, 0.1) is 5.92 Å². The summed E-state index contributed by atoms with van der Waals surface area (Å²) < 4.78 is 1.95.